The maximum Gasteiger partial charge on any atom is 0.390 e. The van der Waals surface area contributed by atoms with Crippen LogP contribution < -0.4 is 5.73 Å². The summed E-state index contributed by atoms with van der Waals surface area (Å²) in [5.41, 5.74) is 4.83. The minimum absolute atomic E-state index is 0.221. The second kappa shape index (κ2) is 6.22. The Bertz CT molecular complexity index is 693. The van der Waals surface area contributed by atoms with E-state index >= 15 is 0 Å². The Kier molecular flexibility index (Phi) is 4.68. The zero-order chi connectivity index (χ0) is 17.4. The molecule has 0 spiro atoms. The van der Waals surface area contributed by atoms with Gasteiger partial charge >= 0.3 is 6.18 Å². The molecule has 11 heteroatoms. The van der Waals surface area contributed by atoms with Crippen LogP contribution in [0.5, 0.6) is 0 Å². The molecule has 2 rings (SSSR count). The number of benzene rings is 1. The molecule has 0 radical (unpaired) electrons. The van der Waals surface area contributed by atoms with Crippen LogP contribution in [0.25, 0.3) is 0 Å². The van der Waals surface area contributed by atoms with Gasteiger partial charge in [-0.3, -0.25) is 19.3 Å². The highest BCUT2D eigenvalue weighted by molar-refractivity contribution is 7.86. The number of non-ortho nitro benzene ring substituents is 1. The molecule has 0 aliphatic carbocycles. The average molecular weight is 353 g/mol. The van der Waals surface area contributed by atoms with Gasteiger partial charge in [0.1, 0.15) is 16.9 Å². The predicted molar refractivity (Wildman–Crippen MR) is 74.9 cm³/mol. The first-order valence-corrected chi connectivity index (χ1v) is 7.67. The lowest BCUT2D eigenvalue weighted by atomic mass is 10.1. The van der Waals surface area contributed by atoms with Crippen molar-refractivity contribution in [3.63, 3.8) is 0 Å². The Morgan fingerprint density at radius 3 is 2.61 bits per heavy atom. The van der Waals surface area contributed by atoms with E-state index in [1.807, 2.05) is 0 Å². The van der Waals surface area contributed by atoms with Crippen molar-refractivity contribution in [2.45, 2.75) is 23.9 Å². The van der Waals surface area contributed by atoms with E-state index in [1.54, 1.807) is 0 Å². The van der Waals surface area contributed by atoms with Crippen LogP contribution in [-0.4, -0.2) is 32.1 Å². The van der Waals surface area contributed by atoms with Gasteiger partial charge in [-0.15, -0.1) is 0 Å². The fourth-order valence-electron chi connectivity index (χ4n) is 2.17. The Morgan fingerprint density at radius 2 is 2.09 bits per heavy atom. The molecule has 0 aromatic heterocycles. The molecule has 2 N–H and O–H groups in total. The van der Waals surface area contributed by atoms with Gasteiger partial charge < -0.3 is 5.73 Å². The zero-order valence-corrected chi connectivity index (χ0v) is 12.2. The summed E-state index contributed by atoms with van der Waals surface area (Å²) in [5.74, 6) is -1.72. The molecule has 0 saturated carbocycles. The van der Waals surface area contributed by atoms with Crippen molar-refractivity contribution >= 4 is 22.3 Å². The Labute approximate surface area is 130 Å². The molecule has 1 aliphatic heterocycles. The lowest BCUT2D eigenvalue weighted by Gasteiger charge is -2.26. The van der Waals surface area contributed by atoms with Crippen LogP contribution in [0.4, 0.5) is 23.2 Å². The number of hydrogen-bond donors (Lipinski definition) is 1. The molecule has 1 aromatic carbocycles. The first-order chi connectivity index (χ1) is 10.6. The van der Waals surface area contributed by atoms with E-state index in [9.17, 15) is 31.9 Å². The predicted octanol–water partition coefficient (Wildman–Crippen LogP) is 2.22. The first-order valence-electron chi connectivity index (χ1n) is 6.29. The number of nitrogens with zero attached hydrogens (tertiary/aromatic N) is 2. The van der Waals surface area contributed by atoms with Crippen molar-refractivity contribution in [3.05, 3.63) is 39.7 Å². The summed E-state index contributed by atoms with van der Waals surface area (Å²) in [6.07, 6.45) is -5.96. The van der Waals surface area contributed by atoms with E-state index in [1.165, 1.54) is 0 Å². The van der Waals surface area contributed by atoms with Crippen molar-refractivity contribution in [3.8, 4) is 0 Å². The topological polar surface area (TPSA) is 98.6 Å². The summed E-state index contributed by atoms with van der Waals surface area (Å²) in [6, 6.07) is 1.58. The van der Waals surface area contributed by atoms with Crippen LogP contribution in [-0.2, 0) is 10.8 Å². The first kappa shape index (κ1) is 17.3. The minimum atomic E-state index is -4.57. The number of alkyl halides is 3. The van der Waals surface area contributed by atoms with E-state index in [2.05, 4.69) is 4.99 Å². The van der Waals surface area contributed by atoms with Gasteiger partial charge in [0, 0.05) is 28.5 Å². The summed E-state index contributed by atoms with van der Waals surface area (Å²) in [5, 5.41) is 9.23. The molecule has 23 heavy (non-hydrogen) atoms. The highest BCUT2D eigenvalue weighted by atomic mass is 32.2. The van der Waals surface area contributed by atoms with Crippen LogP contribution in [0.3, 0.4) is 0 Å². The van der Waals surface area contributed by atoms with Crippen LogP contribution in [0.2, 0.25) is 0 Å². The van der Waals surface area contributed by atoms with Crippen molar-refractivity contribution < 1.29 is 26.7 Å². The monoisotopic (exact) mass is 353 g/mol. The fourth-order valence-corrected chi connectivity index (χ4v) is 3.68. The number of halogens is 4. The van der Waals surface area contributed by atoms with Crippen LogP contribution >= 0.6 is 0 Å². The van der Waals surface area contributed by atoms with Crippen molar-refractivity contribution in [2.24, 2.45) is 10.7 Å². The maximum atomic E-state index is 13.8. The van der Waals surface area contributed by atoms with Crippen LogP contribution in [0, 0.1) is 15.9 Å². The summed E-state index contributed by atoms with van der Waals surface area (Å²) >= 11 is 0. The highest BCUT2D eigenvalue weighted by Crippen LogP contribution is 2.32. The molecule has 0 saturated heterocycles. The lowest BCUT2D eigenvalue weighted by Crippen LogP contribution is -2.42. The molecule has 0 amide bonds. The second-order valence-electron chi connectivity index (χ2n) is 4.89. The molecule has 1 heterocycles. The molecule has 126 valence electrons. The molecule has 0 fully saturated rings. The summed E-state index contributed by atoms with van der Waals surface area (Å²) in [4.78, 5) is 13.7. The van der Waals surface area contributed by atoms with Gasteiger partial charge in [-0.05, 0) is 6.07 Å². The third-order valence-electron chi connectivity index (χ3n) is 3.24. The molecule has 6 nitrogen and oxygen atoms in total. The average Bonchev–Trinajstić information content (AvgIpc) is 2.42. The van der Waals surface area contributed by atoms with Gasteiger partial charge in [0.2, 0.25) is 0 Å². The molecule has 0 bridgehead atoms. The molecular formula is C12H11F4N3O3S. The van der Waals surface area contributed by atoms with Crippen LogP contribution in [0.1, 0.15) is 18.0 Å². The minimum Gasteiger partial charge on any atom is -0.386 e. The van der Waals surface area contributed by atoms with Crippen molar-refractivity contribution in [1.29, 1.82) is 0 Å². The van der Waals surface area contributed by atoms with E-state index in [-0.39, 0.29) is 11.3 Å². The standard InChI is InChI=1S/C12H11F4N3O3S/c13-8-2-1-6(19(20)21)3-7(8)9-5-23(22)10(11(17)18-9)4-12(14,15)16/h1-3,9-10H,4-5H2,(H2,17,18). The van der Waals surface area contributed by atoms with E-state index in [4.69, 9.17) is 5.73 Å². The number of nitrogens with two attached hydrogens (primary N) is 1. The number of nitro benzene ring substituents is 1. The normalized spacial score (nSPS) is 25.0. The van der Waals surface area contributed by atoms with Gasteiger partial charge in [0.05, 0.1) is 23.1 Å². The highest BCUT2D eigenvalue weighted by Gasteiger charge is 2.40. The Balaban J connectivity index is 2.35. The number of nitro groups is 1. The molecule has 3 unspecified atom stereocenters. The summed E-state index contributed by atoms with van der Waals surface area (Å²) in [7, 11) is -2.02. The van der Waals surface area contributed by atoms with E-state index in [0.29, 0.717) is 0 Å². The zero-order valence-electron chi connectivity index (χ0n) is 11.4. The van der Waals surface area contributed by atoms with Gasteiger partial charge in [-0.25, -0.2) is 4.39 Å². The van der Waals surface area contributed by atoms with Crippen molar-refractivity contribution in [2.75, 3.05) is 5.75 Å². The smallest absolute Gasteiger partial charge is 0.386 e. The summed E-state index contributed by atoms with van der Waals surface area (Å²) < 4.78 is 63.1. The van der Waals surface area contributed by atoms with Gasteiger partial charge in [0.15, 0.2) is 0 Å². The maximum absolute atomic E-state index is 13.8. The van der Waals surface area contributed by atoms with Gasteiger partial charge in [-0.2, -0.15) is 13.2 Å². The van der Waals surface area contributed by atoms with Crippen molar-refractivity contribution in [1.82, 2.24) is 0 Å². The Morgan fingerprint density at radius 1 is 1.43 bits per heavy atom. The Hall–Kier alpha value is -2.04. The number of aliphatic imine (C=N–C) groups is 1. The summed E-state index contributed by atoms with van der Waals surface area (Å²) in [6.45, 7) is 0. The quantitative estimate of drug-likeness (QED) is 0.512. The third kappa shape index (κ3) is 4.03. The van der Waals surface area contributed by atoms with Crippen LogP contribution in [0.15, 0.2) is 23.2 Å². The van der Waals surface area contributed by atoms with E-state index < -0.39 is 57.0 Å². The molecular weight excluding hydrogens is 342 g/mol. The molecule has 1 aromatic rings. The number of rotatable bonds is 3. The van der Waals surface area contributed by atoms with Gasteiger partial charge in [-0.1, -0.05) is 0 Å². The fraction of sp³-hybridized carbons (Fsp3) is 0.417. The SMILES string of the molecule is NC1=NC(c2cc([N+](=O)[O-])ccc2F)CS(=O)C1CC(F)(F)F. The molecule has 3 atom stereocenters. The number of amidine groups is 1. The van der Waals surface area contributed by atoms with Gasteiger partial charge in [0.25, 0.3) is 5.69 Å². The number of hydrogen-bond acceptors (Lipinski definition) is 5. The third-order valence-corrected chi connectivity index (χ3v) is 4.93. The lowest BCUT2D eigenvalue weighted by molar-refractivity contribution is -0.385. The largest absolute Gasteiger partial charge is 0.390 e. The second-order valence-corrected chi connectivity index (χ2v) is 6.55. The van der Waals surface area contributed by atoms with E-state index in [0.717, 1.165) is 18.2 Å². The molecule has 1 aliphatic rings.